The molecule has 1 N–H and O–H groups in total. The molecular weight excluding hydrogens is 502 g/mol. The first kappa shape index (κ1) is 25.7. The number of ether oxygens (including phenoxy) is 1. The number of hydrogen-bond donors (Lipinski definition) is 1. The van der Waals surface area contributed by atoms with Gasteiger partial charge in [0.25, 0.3) is 15.8 Å². The van der Waals surface area contributed by atoms with Crippen LogP contribution in [0.15, 0.2) is 53.4 Å². The normalized spacial score (nSPS) is 13.7. The van der Waals surface area contributed by atoms with E-state index in [1.807, 2.05) is 20.8 Å². The van der Waals surface area contributed by atoms with E-state index in [4.69, 9.17) is 16.3 Å². The van der Waals surface area contributed by atoms with Gasteiger partial charge in [0.1, 0.15) is 16.8 Å². The maximum atomic E-state index is 13.5. The average Bonchev–Trinajstić information content (AvgIpc) is 3.08. The maximum Gasteiger partial charge on any atom is 0.352 e. The predicted octanol–water partition coefficient (Wildman–Crippen LogP) is 4.38. The zero-order valence-corrected chi connectivity index (χ0v) is 22.4. The minimum Gasteiger partial charge on any atom is -0.493 e. The first-order valence-electron chi connectivity index (χ1n) is 11.2. The summed E-state index contributed by atoms with van der Waals surface area (Å²) in [5, 5.41) is 0.0521. The second-order valence-corrected chi connectivity index (χ2v) is 11.7. The first-order valence-corrected chi connectivity index (χ1v) is 13.0. The van der Waals surface area contributed by atoms with Crippen LogP contribution in [0.3, 0.4) is 0 Å². The van der Waals surface area contributed by atoms with Crippen molar-refractivity contribution in [3.05, 3.63) is 75.9 Å². The van der Waals surface area contributed by atoms with Gasteiger partial charge in [-0.25, -0.2) is 22.6 Å². The van der Waals surface area contributed by atoms with Crippen LogP contribution in [0.25, 0.3) is 0 Å². The summed E-state index contributed by atoms with van der Waals surface area (Å²) in [4.78, 5) is 27.9. The van der Waals surface area contributed by atoms with Gasteiger partial charge in [-0.2, -0.15) is 0 Å². The average molecular weight is 529 g/mol. The van der Waals surface area contributed by atoms with Crippen molar-refractivity contribution in [2.75, 3.05) is 16.7 Å². The highest BCUT2D eigenvalue weighted by atomic mass is 35.5. The highest BCUT2D eigenvalue weighted by Crippen LogP contribution is 2.37. The molecule has 10 heteroatoms. The van der Waals surface area contributed by atoms with Gasteiger partial charge in [-0.1, -0.05) is 44.5 Å². The lowest BCUT2D eigenvalue weighted by Gasteiger charge is -2.19. The van der Waals surface area contributed by atoms with E-state index in [1.54, 1.807) is 42.8 Å². The van der Waals surface area contributed by atoms with Gasteiger partial charge < -0.3 is 4.74 Å². The Morgan fingerprint density at radius 3 is 2.14 bits per heavy atom. The minimum atomic E-state index is -4.05. The van der Waals surface area contributed by atoms with Crippen molar-refractivity contribution in [2.24, 2.45) is 7.05 Å². The van der Waals surface area contributed by atoms with E-state index < -0.39 is 21.8 Å². The van der Waals surface area contributed by atoms with Gasteiger partial charge in [-0.3, -0.25) is 4.72 Å². The van der Waals surface area contributed by atoms with Crippen LogP contribution in [0, 0.1) is 6.92 Å². The van der Waals surface area contributed by atoms with E-state index >= 15 is 0 Å². The van der Waals surface area contributed by atoms with Gasteiger partial charge in [0, 0.05) is 13.0 Å². The van der Waals surface area contributed by atoms with E-state index in [0.29, 0.717) is 17.3 Å². The lowest BCUT2D eigenvalue weighted by molar-refractivity contribution is -0.664. The molecule has 3 aromatic rings. The Morgan fingerprint density at radius 1 is 0.944 bits per heavy atom. The number of fused-ring (bicyclic) bond motifs is 1. The van der Waals surface area contributed by atoms with Crippen LogP contribution in [0.1, 0.15) is 52.7 Å². The maximum absolute atomic E-state index is 13.5. The van der Waals surface area contributed by atoms with Gasteiger partial charge in [0.15, 0.2) is 5.75 Å². The number of halogens is 1. The van der Waals surface area contributed by atoms with Crippen molar-refractivity contribution in [1.29, 1.82) is 0 Å². The Bertz CT molecular complexity index is 1510. The first-order chi connectivity index (χ1) is 16.8. The molecule has 0 bridgehead atoms. The van der Waals surface area contributed by atoms with Gasteiger partial charge in [-0.05, 0) is 41.3 Å². The predicted molar refractivity (Wildman–Crippen MR) is 137 cm³/mol. The molecule has 0 saturated carbocycles. The molecule has 0 spiro atoms. The third-order valence-corrected chi connectivity index (χ3v) is 8.00. The second-order valence-electron chi connectivity index (χ2n) is 9.57. The summed E-state index contributed by atoms with van der Waals surface area (Å²) < 4.78 is 35.8. The fourth-order valence-electron chi connectivity index (χ4n) is 4.12. The van der Waals surface area contributed by atoms with Crippen LogP contribution in [0.5, 0.6) is 5.75 Å². The van der Waals surface area contributed by atoms with Gasteiger partial charge in [0.05, 0.1) is 29.8 Å². The molecule has 2 aromatic carbocycles. The number of nitrogens with zero attached hydrogens (tertiary/aromatic N) is 2. The van der Waals surface area contributed by atoms with Gasteiger partial charge in [0.2, 0.25) is 0 Å². The molecule has 188 valence electrons. The van der Waals surface area contributed by atoms with Crippen LogP contribution >= 0.6 is 11.6 Å². The number of sulfonamides is 1. The molecule has 0 aliphatic carbocycles. The van der Waals surface area contributed by atoms with E-state index in [2.05, 4.69) is 4.72 Å². The summed E-state index contributed by atoms with van der Waals surface area (Å²) in [6.45, 7) is 7.89. The summed E-state index contributed by atoms with van der Waals surface area (Å²) in [7, 11) is -0.830. The monoisotopic (exact) mass is 528 g/mol. The lowest BCUT2D eigenvalue weighted by Crippen LogP contribution is -2.44. The quantitative estimate of drug-likeness (QED) is 0.391. The number of benzene rings is 2. The molecule has 1 aliphatic rings. The van der Waals surface area contributed by atoms with E-state index in [-0.39, 0.29) is 32.1 Å². The zero-order chi connectivity index (χ0) is 26.6. The number of carbonyl (C=O) groups is 2. The van der Waals surface area contributed by atoms with Gasteiger partial charge in [-0.15, -0.1) is 4.90 Å². The van der Waals surface area contributed by atoms with Crippen LogP contribution in [0.4, 0.5) is 11.5 Å². The molecular formula is C26H27ClN3O5S+. The van der Waals surface area contributed by atoms with E-state index in [9.17, 15) is 18.0 Å². The van der Waals surface area contributed by atoms with Crippen LogP contribution in [-0.2, 0) is 22.5 Å². The van der Waals surface area contributed by atoms with Crippen molar-refractivity contribution < 1.29 is 27.3 Å². The largest absolute Gasteiger partial charge is 0.493 e. The number of pyridine rings is 1. The van der Waals surface area contributed by atoms with Crippen LogP contribution in [-0.4, -0.2) is 27.3 Å². The Morgan fingerprint density at radius 2 is 1.56 bits per heavy atom. The molecule has 2 heterocycles. The topological polar surface area (TPSA) is 96.7 Å². The Kier molecular flexibility index (Phi) is 6.34. The number of nitrogens with one attached hydrogen (secondary N) is 1. The minimum absolute atomic E-state index is 0.0250. The number of aromatic nitrogens is 1. The number of methoxy groups -OCH3 is 1. The molecule has 1 aliphatic heterocycles. The zero-order valence-electron chi connectivity index (χ0n) is 20.8. The Hall–Kier alpha value is -3.43. The smallest absolute Gasteiger partial charge is 0.352 e. The van der Waals surface area contributed by atoms with Crippen molar-refractivity contribution >= 4 is 44.9 Å². The Labute approximate surface area is 215 Å². The molecule has 0 saturated heterocycles. The fourth-order valence-corrected chi connectivity index (χ4v) is 5.43. The number of anilines is 2. The summed E-state index contributed by atoms with van der Waals surface area (Å²) >= 11 is 6.32. The van der Waals surface area contributed by atoms with Crippen molar-refractivity contribution in [1.82, 2.24) is 0 Å². The molecule has 0 radical (unpaired) electrons. The summed E-state index contributed by atoms with van der Waals surface area (Å²) in [5.41, 5.74) is 1.35. The summed E-state index contributed by atoms with van der Waals surface area (Å²) in [6, 6.07) is 12.6. The number of hydrogen-bond acceptors (Lipinski definition) is 5. The van der Waals surface area contributed by atoms with Crippen molar-refractivity contribution in [2.45, 2.75) is 38.0 Å². The standard InChI is InChI=1S/C26H26ClN3O5S/c1-15-20(35-6)13-14-21(29(15)5)30-24(31)22-18(27)11-12-19(23(22)25(30)32)28-36(33,34)17-9-7-16(8-10-17)26(2,3)4/h7-14H,1-6H3/p+1. The molecule has 4 rings (SSSR count). The molecule has 1 aromatic heterocycles. The van der Waals surface area contributed by atoms with E-state index in [0.717, 1.165) is 10.5 Å². The third kappa shape index (κ3) is 4.22. The molecule has 8 nitrogen and oxygen atoms in total. The molecule has 0 atom stereocenters. The van der Waals surface area contributed by atoms with Crippen molar-refractivity contribution in [3.8, 4) is 5.75 Å². The lowest BCUT2D eigenvalue weighted by atomic mass is 9.87. The number of rotatable bonds is 5. The number of amides is 2. The molecule has 0 fully saturated rings. The summed E-state index contributed by atoms with van der Waals surface area (Å²) in [6.07, 6.45) is 0. The third-order valence-electron chi connectivity index (χ3n) is 6.30. The highest BCUT2D eigenvalue weighted by Gasteiger charge is 2.48. The number of carbonyl (C=O) groups excluding carboxylic acids is 2. The van der Waals surface area contributed by atoms with E-state index in [1.165, 1.54) is 31.4 Å². The highest BCUT2D eigenvalue weighted by molar-refractivity contribution is 7.92. The van der Waals surface area contributed by atoms with Gasteiger partial charge >= 0.3 is 11.8 Å². The number of imide groups is 1. The fraction of sp³-hybridized carbons (Fsp3) is 0.269. The molecule has 36 heavy (non-hydrogen) atoms. The SMILES string of the molecule is COc1ccc(N2C(=O)c3c(Cl)ccc(NS(=O)(=O)c4ccc(C(C)(C)C)cc4)c3C2=O)[n+](C)c1C. The van der Waals surface area contributed by atoms with Crippen LogP contribution in [0.2, 0.25) is 5.02 Å². The van der Waals surface area contributed by atoms with Crippen molar-refractivity contribution in [3.63, 3.8) is 0 Å². The molecule has 2 amide bonds. The molecule has 0 unspecified atom stereocenters. The summed E-state index contributed by atoms with van der Waals surface area (Å²) in [5.74, 6) is -0.446. The van der Waals surface area contributed by atoms with Crippen LogP contribution < -0.4 is 18.9 Å². The Balaban J connectivity index is 1.76. The second kappa shape index (κ2) is 8.90.